The van der Waals surface area contributed by atoms with E-state index < -0.39 is 10.1 Å². The van der Waals surface area contributed by atoms with Crippen molar-refractivity contribution in [1.29, 1.82) is 0 Å². The molecule has 10 nitrogen and oxygen atoms in total. The summed E-state index contributed by atoms with van der Waals surface area (Å²) in [6, 6.07) is 0.298. The smallest absolute Gasteiger partial charge is 0.308 e. The fourth-order valence-electron chi connectivity index (χ4n) is 6.78. The number of nitrogens with zero attached hydrogens (tertiary/aromatic N) is 2. The Morgan fingerprint density at radius 3 is 2.28 bits per heavy atom. The average Bonchev–Trinajstić information content (AvgIpc) is 3.21. The van der Waals surface area contributed by atoms with Crippen molar-refractivity contribution in [3.8, 4) is 0 Å². The van der Waals surface area contributed by atoms with Crippen LogP contribution >= 0.6 is 0 Å². The second kappa shape index (κ2) is 11.6. The first-order valence-corrected chi connectivity index (χ1v) is 14.9. The van der Waals surface area contributed by atoms with Gasteiger partial charge >= 0.3 is 5.97 Å². The number of rotatable bonds is 7. The third-order valence-corrected chi connectivity index (χ3v) is 8.94. The van der Waals surface area contributed by atoms with Gasteiger partial charge in [-0.05, 0) is 88.6 Å². The van der Waals surface area contributed by atoms with Crippen LogP contribution in [0.1, 0.15) is 61.0 Å². The SMILES string of the molecule is COC(=O)C1CCNCC1.Cc1c(C(=O)NC2C3CC4CC(C3)CC2C4)cnn1CCOS(C)(=O)=O. The molecule has 1 aromatic rings. The summed E-state index contributed by atoms with van der Waals surface area (Å²) in [5.74, 6) is 3.06. The fourth-order valence-corrected chi connectivity index (χ4v) is 7.16. The van der Waals surface area contributed by atoms with E-state index in [-0.39, 0.29) is 24.4 Å². The van der Waals surface area contributed by atoms with Crippen LogP contribution in [0.4, 0.5) is 0 Å². The molecular weight excluding hydrogens is 484 g/mol. The minimum atomic E-state index is -3.47. The van der Waals surface area contributed by atoms with Crippen LogP contribution in [0.5, 0.6) is 0 Å². The summed E-state index contributed by atoms with van der Waals surface area (Å²) in [4.78, 5) is 23.7. The number of hydrogen-bond donors (Lipinski definition) is 2. The zero-order chi connectivity index (χ0) is 25.9. The first-order chi connectivity index (χ1) is 17.1. The minimum absolute atomic E-state index is 0.0119. The Bertz CT molecular complexity index is 1010. The maximum atomic E-state index is 12.8. The van der Waals surface area contributed by atoms with Crippen molar-refractivity contribution >= 4 is 22.0 Å². The highest BCUT2D eigenvalue weighted by molar-refractivity contribution is 7.85. The van der Waals surface area contributed by atoms with Crippen LogP contribution in [0.2, 0.25) is 0 Å². The lowest BCUT2D eigenvalue weighted by molar-refractivity contribution is -0.146. The van der Waals surface area contributed by atoms with E-state index in [0.717, 1.165) is 49.7 Å². The molecule has 4 saturated carbocycles. The second-order valence-corrected chi connectivity index (χ2v) is 12.5. The lowest BCUT2D eigenvalue weighted by Crippen LogP contribution is -2.55. The minimum Gasteiger partial charge on any atom is -0.469 e. The summed E-state index contributed by atoms with van der Waals surface area (Å²) in [6.07, 6.45) is 10.9. The van der Waals surface area contributed by atoms with Crippen molar-refractivity contribution in [1.82, 2.24) is 20.4 Å². The van der Waals surface area contributed by atoms with Crippen molar-refractivity contribution in [2.24, 2.45) is 29.6 Å². The van der Waals surface area contributed by atoms with E-state index in [9.17, 15) is 18.0 Å². The molecular formula is C25H40N4O6S. The van der Waals surface area contributed by atoms with Crippen LogP contribution in [0.15, 0.2) is 6.20 Å². The average molecular weight is 525 g/mol. The molecule has 5 aliphatic rings. The summed E-state index contributed by atoms with van der Waals surface area (Å²) in [7, 11) is -2.02. The highest BCUT2D eigenvalue weighted by Gasteiger charge is 2.48. The Balaban J connectivity index is 0.000000256. The Hall–Kier alpha value is -1.98. The molecule has 0 unspecified atom stereocenters. The van der Waals surface area contributed by atoms with Gasteiger partial charge in [0.05, 0.1) is 44.2 Å². The molecule has 5 fully saturated rings. The molecule has 1 aromatic heterocycles. The van der Waals surface area contributed by atoms with Crippen LogP contribution < -0.4 is 10.6 Å². The summed E-state index contributed by atoms with van der Waals surface area (Å²) in [5, 5.41) is 10.7. The number of nitrogens with one attached hydrogen (secondary N) is 2. The second-order valence-electron chi connectivity index (χ2n) is 10.9. The number of ether oxygens (including phenoxy) is 1. The van der Waals surface area contributed by atoms with Gasteiger partial charge in [0.2, 0.25) is 0 Å². The Morgan fingerprint density at radius 2 is 1.72 bits per heavy atom. The third-order valence-electron chi connectivity index (χ3n) is 8.35. The van der Waals surface area contributed by atoms with Gasteiger partial charge in [-0.25, -0.2) is 0 Å². The highest BCUT2D eigenvalue weighted by Crippen LogP contribution is 2.53. The number of esters is 1. The molecule has 36 heavy (non-hydrogen) atoms. The molecule has 0 aromatic carbocycles. The summed E-state index contributed by atoms with van der Waals surface area (Å²) in [5.41, 5.74) is 1.31. The third kappa shape index (κ3) is 6.66. The van der Waals surface area contributed by atoms with Gasteiger partial charge in [0, 0.05) is 11.7 Å². The number of piperidine rings is 1. The number of amides is 1. The quantitative estimate of drug-likeness (QED) is 0.409. The Labute approximate surface area is 214 Å². The van der Waals surface area contributed by atoms with Gasteiger partial charge in [-0.2, -0.15) is 13.5 Å². The molecule has 0 spiro atoms. The standard InChI is InChI=1S/C18H27N3O4S.C7H13NO2/c1-11-16(10-19-21(11)3-4-25-26(2,23)24)18(22)20-17-14-6-12-5-13(8-14)9-15(17)7-12;1-10-7(9)6-2-4-8-5-3-6/h10,12-15,17H,3-9H2,1-2H3,(H,20,22);6,8H,2-5H2,1H3. The van der Waals surface area contributed by atoms with Crippen LogP contribution in [0, 0.1) is 36.5 Å². The summed E-state index contributed by atoms with van der Waals surface area (Å²) < 4.78 is 33.1. The Kier molecular flexibility index (Phi) is 8.72. The van der Waals surface area contributed by atoms with E-state index >= 15 is 0 Å². The molecule has 4 bridgehead atoms. The van der Waals surface area contributed by atoms with Gasteiger partial charge in [0.1, 0.15) is 0 Å². The molecule has 2 heterocycles. The predicted molar refractivity (Wildman–Crippen MR) is 134 cm³/mol. The van der Waals surface area contributed by atoms with Gasteiger partial charge in [-0.3, -0.25) is 18.5 Å². The van der Waals surface area contributed by atoms with Crippen molar-refractivity contribution in [3.05, 3.63) is 17.5 Å². The zero-order valence-corrected chi connectivity index (χ0v) is 22.4. The lowest BCUT2D eigenvalue weighted by Gasteiger charge is -2.54. The zero-order valence-electron chi connectivity index (χ0n) is 21.6. The number of carbonyl (C=O) groups excluding carboxylic acids is 2. The molecule has 1 saturated heterocycles. The maximum Gasteiger partial charge on any atom is 0.308 e. The molecule has 11 heteroatoms. The van der Waals surface area contributed by atoms with E-state index in [1.165, 1.54) is 39.2 Å². The predicted octanol–water partition coefficient (Wildman–Crippen LogP) is 1.88. The molecule has 1 aliphatic heterocycles. The fraction of sp³-hybridized carbons (Fsp3) is 0.800. The van der Waals surface area contributed by atoms with Crippen molar-refractivity contribution in [2.75, 3.05) is 33.1 Å². The largest absolute Gasteiger partial charge is 0.469 e. The maximum absolute atomic E-state index is 12.8. The highest BCUT2D eigenvalue weighted by atomic mass is 32.2. The van der Waals surface area contributed by atoms with Gasteiger partial charge in [0.25, 0.3) is 16.0 Å². The number of hydrogen-bond acceptors (Lipinski definition) is 8. The van der Waals surface area contributed by atoms with Crippen LogP contribution in [0.3, 0.4) is 0 Å². The van der Waals surface area contributed by atoms with Crippen LogP contribution in [-0.2, 0) is 30.4 Å². The van der Waals surface area contributed by atoms with Crippen molar-refractivity contribution in [2.45, 2.75) is 64.5 Å². The number of aromatic nitrogens is 2. The lowest BCUT2D eigenvalue weighted by atomic mass is 9.54. The Morgan fingerprint density at radius 1 is 1.11 bits per heavy atom. The summed E-state index contributed by atoms with van der Waals surface area (Å²) in [6.45, 7) is 4.03. The first-order valence-electron chi connectivity index (χ1n) is 13.1. The molecule has 0 radical (unpaired) electrons. The van der Waals surface area contributed by atoms with Crippen molar-refractivity contribution in [3.63, 3.8) is 0 Å². The van der Waals surface area contributed by atoms with Crippen LogP contribution in [-0.4, -0.2) is 69.2 Å². The molecule has 6 rings (SSSR count). The normalized spacial score (nSPS) is 29.4. The number of carbonyl (C=O) groups is 2. The van der Waals surface area contributed by atoms with E-state index in [4.69, 9.17) is 4.18 Å². The van der Waals surface area contributed by atoms with E-state index in [2.05, 4.69) is 20.5 Å². The van der Waals surface area contributed by atoms with Crippen LogP contribution in [0.25, 0.3) is 0 Å². The van der Waals surface area contributed by atoms with E-state index in [1.807, 2.05) is 6.92 Å². The van der Waals surface area contributed by atoms with Gasteiger partial charge in [0.15, 0.2) is 0 Å². The van der Waals surface area contributed by atoms with Crippen molar-refractivity contribution < 1.29 is 26.9 Å². The van der Waals surface area contributed by atoms with Gasteiger partial charge in [-0.15, -0.1) is 0 Å². The first kappa shape index (κ1) is 27.1. The molecule has 2 N–H and O–H groups in total. The molecule has 0 atom stereocenters. The van der Waals surface area contributed by atoms with E-state index in [1.54, 1.807) is 10.9 Å². The van der Waals surface area contributed by atoms with Gasteiger partial charge in [-0.1, -0.05) is 0 Å². The molecule has 4 aliphatic carbocycles. The number of methoxy groups -OCH3 is 1. The summed E-state index contributed by atoms with van der Waals surface area (Å²) >= 11 is 0. The topological polar surface area (TPSA) is 129 Å². The van der Waals surface area contributed by atoms with Gasteiger partial charge < -0.3 is 15.4 Å². The molecule has 1 amide bonds. The monoisotopic (exact) mass is 524 g/mol. The molecule has 202 valence electrons. The van der Waals surface area contributed by atoms with E-state index in [0.29, 0.717) is 30.0 Å².